The van der Waals surface area contributed by atoms with Crippen molar-refractivity contribution < 1.29 is 17.9 Å². The Morgan fingerprint density at radius 3 is 2.57 bits per heavy atom. The minimum absolute atomic E-state index is 0.0253. The van der Waals surface area contributed by atoms with E-state index in [9.17, 15) is 13.2 Å². The van der Waals surface area contributed by atoms with Crippen molar-refractivity contribution in [1.82, 2.24) is 0 Å². The first-order valence-corrected chi connectivity index (χ1v) is 6.95. The molecular formula is C15H21F3N2O. The summed E-state index contributed by atoms with van der Waals surface area (Å²) in [6, 6.07) is 4.16. The molecule has 0 aromatic heterocycles. The molecule has 1 heterocycles. The van der Waals surface area contributed by atoms with Crippen molar-refractivity contribution in [2.45, 2.75) is 45.2 Å². The molecule has 0 radical (unpaired) electrons. The molecule has 0 amide bonds. The summed E-state index contributed by atoms with van der Waals surface area (Å²) < 4.78 is 44.5. The number of anilines is 1. The highest BCUT2D eigenvalue weighted by molar-refractivity contribution is 5.52. The lowest BCUT2D eigenvalue weighted by atomic mass is 10.0. The van der Waals surface area contributed by atoms with Gasteiger partial charge in [0.2, 0.25) is 0 Å². The van der Waals surface area contributed by atoms with Gasteiger partial charge in [-0.15, -0.1) is 0 Å². The van der Waals surface area contributed by atoms with Gasteiger partial charge >= 0.3 is 6.18 Å². The van der Waals surface area contributed by atoms with Gasteiger partial charge in [-0.05, 0) is 44.5 Å². The fraction of sp³-hybridized carbons (Fsp3) is 0.600. The van der Waals surface area contributed by atoms with Gasteiger partial charge in [0.25, 0.3) is 0 Å². The van der Waals surface area contributed by atoms with Crippen LogP contribution in [0, 0.1) is 0 Å². The molecule has 0 spiro atoms. The Balaban J connectivity index is 2.33. The molecule has 1 saturated heterocycles. The van der Waals surface area contributed by atoms with Crippen LogP contribution in [-0.4, -0.2) is 24.8 Å². The largest absolute Gasteiger partial charge is 0.416 e. The average molecular weight is 302 g/mol. The number of hydrogen-bond acceptors (Lipinski definition) is 3. The second-order valence-electron chi connectivity index (χ2n) is 6.11. The van der Waals surface area contributed by atoms with Crippen LogP contribution in [0.1, 0.15) is 31.9 Å². The predicted octanol–water partition coefficient (Wildman–Crippen LogP) is 3.17. The van der Waals surface area contributed by atoms with Gasteiger partial charge in [-0.25, -0.2) is 0 Å². The van der Waals surface area contributed by atoms with E-state index >= 15 is 0 Å². The lowest BCUT2D eigenvalue weighted by molar-refractivity contribution is -0.138. The number of nitrogens with zero attached hydrogens (tertiary/aromatic N) is 1. The van der Waals surface area contributed by atoms with E-state index in [2.05, 4.69) is 0 Å². The van der Waals surface area contributed by atoms with E-state index in [1.165, 1.54) is 12.1 Å². The summed E-state index contributed by atoms with van der Waals surface area (Å²) in [5, 5.41) is 0. The van der Waals surface area contributed by atoms with E-state index in [0.717, 1.165) is 11.8 Å². The second kappa shape index (κ2) is 5.50. The number of ether oxygens (including phenoxy) is 1. The number of hydrogen-bond donors (Lipinski definition) is 1. The van der Waals surface area contributed by atoms with E-state index in [0.29, 0.717) is 13.1 Å². The van der Waals surface area contributed by atoms with Gasteiger partial charge in [0.05, 0.1) is 17.3 Å². The molecule has 1 aliphatic rings. The van der Waals surface area contributed by atoms with Crippen molar-refractivity contribution in [3.05, 3.63) is 29.3 Å². The van der Waals surface area contributed by atoms with Gasteiger partial charge in [0, 0.05) is 25.3 Å². The minimum atomic E-state index is -4.37. The third-order valence-electron chi connectivity index (χ3n) is 3.55. The Morgan fingerprint density at radius 1 is 1.38 bits per heavy atom. The maximum absolute atomic E-state index is 12.9. The molecule has 118 valence electrons. The topological polar surface area (TPSA) is 38.5 Å². The highest BCUT2D eigenvalue weighted by Gasteiger charge is 2.35. The molecule has 1 atom stereocenters. The number of alkyl halides is 3. The molecule has 1 aromatic carbocycles. The smallest absolute Gasteiger partial charge is 0.369 e. The highest BCUT2D eigenvalue weighted by Crippen LogP contribution is 2.35. The maximum Gasteiger partial charge on any atom is 0.416 e. The van der Waals surface area contributed by atoms with E-state index in [1.807, 2.05) is 25.7 Å². The van der Waals surface area contributed by atoms with Crippen LogP contribution in [0.25, 0.3) is 0 Å². The molecule has 6 heteroatoms. The van der Waals surface area contributed by atoms with Gasteiger partial charge in [-0.1, -0.05) is 0 Å². The third-order valence-corrected chi connectivity index (χ3v) is 3.55. The number of nitrogens with two attached hydrogens (primary N) is 1. The Bertz CT molecular complexity index is 514. The van der Waals surface area contributed by atoms with E-state index in [4.69, 9.17) is 10.5 Å². The molecule has 1 unspecified atom stereocenters. The summed E-state index contributed by atoms with van der Waals surface area (Å²) >= 11 is 0. The molecular weight excluding hydrogens is 281 g/mol. The van der Waals surface area contributed by atoms with E-state index in [-0.39, 0.29) is 23.8 Å². The molecule has 21 heavy (non-hydrogen) atoms. The fourth-order valence-electron chi connectivity index (χ4n) is 2.87. The first-order valence-electron chi connectivity index (χ1n) is 6.95. The molecule has 1 fully saturated rings. The quantitative estimate of drug-likeness (QED) is 0.912. The first-order chi connectivity index (χ1) is 9.62. The van der Waals surface area contributed by atoms with Crippen LogP contribution in [0.4, 0.5) is 18.9 Å². The van der Waals surface area contributed by atoms with Crippen LogP contribution < -0.4 is 10.6 Å². The molecule has 1 aromatic rings. The van der Waals surface area contributed by atoms with Gasteiger partial charge in [-0.3, -0.25) is 0 Å². The van der Waals surface area contributed by atoms with Crippen molar-refractivity contribution in [1.29, 1.82) is 0 Å². The number of halogens is 3. The monoisotopic (exact) mass is 302 g/mol. The van der Waals surface area contributed by atoms with Crippen LogP contribution >= 0.6 is 0 Å². The number of morpholine rings is 1. The maximum atomic E-state index is 12.9. The zero-order valence-corrected chi connectivity index (χ0v) is 12.5. The van der Waals surface area contributed by atoms with Gasteiger partial charge < -0.3 is 15.4 Å². The van der Waals surface area contributed by atoms with Crippen molar-refractivity contribution in [3.8, 4) is 0 Å². The predicted molar refractivity (Wildman–Crippen MR) is 76.2 cm³/mol. The van der Waals surface area contributed by atoms with Gasteiger partial charge in [0.1, 0.15) is 0 Å². The van der Waals surface area contributed by atoms with Crippen molar-refractivity contribution in [2.24, 2.45) is 5.73 Å². The summed E-state index contributed by atoms with van der Waals surface area (Å²) in [6.07, 6.45) is -4.34. The number of benzene rings is 1. The zero-order chi connectivity index (χ0) is 15.8. The van der Waals surface area contributed by atoms with Crippen LogP contribution in [0.5, 0.6) is 0 Å². The Morgan fingerprint density at radius 2 is 2.05 bits per heavy atom. The third kappa shape index (κ3) is 3.68. The van der Waals surface area contributed by atoms with Crippen LogP contribution in [0.15, 0.2) is 18.2 Å². The highest BCUT2D eigenvalue weighted by atomic mass is 19.4. The Labute approximate surface area is 122 Å². The van der Waals surface area contributed by atoms with Crippen molar-refractivity contribution in [2.75, 3.05) is 18.0 Å². The zero-order valence-electron chi connectivity index (χ0n) is 12.5. The molecule has 1 aliphatic heterocycles. The lowest BCUT2D eigenvalue weighted by Crippen LogP contribution is -2.52. The molecule has 3 nitrogen and oxygen atoms in total. The Hall–Kier alpha value is -1.27. The summed E-state index contributed by atoms with van der Waals surface area (Å²) in [4.78, 5) is 2.05. The average Bonchev–Trinajstić information content (AvgIpc) is 2.34. The second-order valence-corrected chi connectivity index (χ2v) is 6.11. The molecule has 0 bridgehead atoms. The fourth-order valence-corrected chi connectivity index (χ4v) is 2.87. The summed E-state index contributed by atoms with van der Waals surface area (Å²) in [6.45, 7) is 7.06. The molecule has 0 saturated carbocycles. The van der Waals surface area contributed by atoms with E-state index in [1.54, 1.807) is 0 Å². The SMILES string of the molecule is CC1CN(c2ccc(C(F)(F)F)c(CN)c2)CC(C)(C)O1. The summed E-state index contributed by atoms with van der Waals surface area (Å²) in [7, 11) is 0. The normalized spacial score (nSPS) is 22.4. The molecule has 0 aliphatic carbocycles. The Kier molecular flexibility index (Phi) is 4.22. The van der Waals surface area contributed by atoms with Gasteiger partial charge in [-0.2, -0.15) is 13.2 Å². The van der Waals surface area contributed by atoms with E-state index < -0.39 is 11.7 Å². The summed E-state index contributed by atoms with van der Waals surface area (Å²) in [5.41, 5.74) is 5.37. The van der Waals surface area contributed by atoms with Crippen LogP contribution in [0.3, 0.4) is 0 Å². The minimum Gasteiger partial charge on any atom is -0.369 e. The van der Waals surface area contributed by atoms with Crippen LogP contribution in [0.2, 0.25) is 0 Å². The molecule has 2 rings (SSSR count). The molecule has 2 N–H and O–H groups in total. The van der Waals surface area contributed by atoms with Gasteiger partial charge in [0.15, 0.2) is 0 Å². The van der Waals surface area contributed by atoms with Crippen molar-refractivity contribution in [3.63, 3.8) is 0 Å². The number of rotatable bonds is 2. The lowest BCUT2D eigenvalue weighted by Gasteiger charge is -2.43. The van der Waals surface area contributed by atoms with Crippen LogP contribution in [-0.2, 0) is 17.5 Å². The van der Waals surface area contributed by atoms with Crippen molar-refractivity contribution >= 4 is 5.69 Å². The summed E-state index contributed by atoms with van der Waals surface area (Å²) in [5.74, 6) is 0. The standard InChI is InChI=1S/C15H21F3N2O/c1-10-8-20(9-14(2,3)21-10)12-4-5-13(15(16,17)18)11(6-12)7-19/h4-6,10H,7-9,19H2,1-3H3. The first kappa shape index (κ1) is 16.1.